The highest BCUT2D eigenvalue weighted by molar-refractivity contribution is 7.93. The Hall–Kier alpha value is -2.88. The lowest BCUT2D eigenvalue weighted by atomic mass is 9.83. The van der Waals surface area contributed by atoms with Gasteiger partial charge in [0.1, 0.15) is 0 Å². The summed E-state index contributed by atoms with van der Waals surface area (Å²) in [7, 11) is -3.60. The maximum Gasteiger partial charge on any atom is 0.416 e. The molecule has 0 bridgehead atoms. The van der Waals surface area contributed by atoms with Gasteiger partial charge < -0.3 is 10.6 Å². The first-order valence-corrected chi connectivity index (χ1v) is 10.9. The van der Waals surface area contributed by atoms with Gasteiger partial charge in [0.25, 0.3) is 5.91 Å². The van der Waals surface area contributed by atoms with Gasteiger partial charge in [-0.15, -0.1) is 0 Å². The Balaban J connectivity index is 1.75. The zero-order valence-corrected chi connectivity index (χ0v) is 16.7. The van der Waals surface area contributed by atoms with Gasteiger partial charge in [0.2, 0.25) is 5.91 Å². The average Bonchev–Trinajstić information content (AvgIpc) is 2.59. The van der Waals surface area contributed by atoms with E-state index in [9.17, 15) is 31.2 Å². The van der Waals surface area contributed by atoms with E-state index in [2.05, 4.69) is 10.6 Å². The van der Waals surface area contributed by atoms with E-state index in [0.717, 1.165) is 24.5 Å². The maximum atomic E-state index is 12.8. The average molecular weight is 440 g/mol. The monoisotopic (exact) mass is 440 g/mol. The molecule has 1 fully saturated rings. The summed E-state index contributed by atoms with van der Waals surface area (Å²) in [6.45, 7) is 0. The minimum Gasteiger partial charge on any atom is -0.325 e. The van der Waals surface area contributed by atoms with Crippen molar-refractivity contribution in [2.24, 2.45) is 0 Å². The van der Waals surface area contributed by atoms with E-state index in [0.29, 0.717) is 6.42 Å². The molecule has 0 unspecified atom stereocenters. The molecule has 1 aliphatic rings. The highest BCUT2D eigenvalue weighted by Gasteiger charge is 2.52. The summed E-state index contributed by atoms with van der Waals surface area (Å²) in [6, 6.07) is 9.94. The molecular weight excluding hydrogens is 421 g/mol. The van der Waals surface area contributed by atoms with Gasteiger partial charge in [0.15, 0.2) is 14.6 Å². The van der Waals surface area contributed by atoms with Crippen molar-refractivity contribution in [2.45, 2.75) is 30.2 Å². The first-order chi connectivity index (χ1) is 13.9. The Morgan fingerprint density at radius 3 is 2.10 bits per heavy atom. The van der Waals surface area contributed by atoms with Crippen LogP contribution in [-0.4, -0.2) is 31.2 Å². The fraction of sp³-hybridized carbons (Fsp3) is 0.300. The quantitative estimate of drug-likeness (QED) is 0.739. The van der Waals surface area contributed by atoms with Crippen molar-refractivity contribution in [2.75, 3.05) is 16.9 Å². The van der Waals surface area contributed by atoms with Gasteiger partial charge in [0, 0.05) is 23.2 Å². The van der Waals surface area contributed by atoms with Gasteiger partial charge in [-0.1, -0.05) is 12.1 Å². The van der Waals surface area contributed by atoms with Crippen molar-refractivity contribution in [1.29, 1.82) is 0 Å². The molecule has 0 heterocycles. The normalized spacial score (nSPS) is 15.7. The predicted octanol–water partition coefficient (Wildman–Crippen LogP) is 3.86. The summed E-state index contributed by atoms with van der Waals surface area (Å²) >= 11 is 0. The van der Waals surface area contributed by atoms with Gasteiger partial charge in [-0.25, -0.2) is 8.42 Å². The molecular formula is C20H19F3N2O4S. The van der Waals surface area contributed by atoms with Crippen LogP contribution in [0, 0.1) is 0 Å². The smallest absolute Gasteiger partial charge is 0.325 e. The second-order valence-electron chi connectivity index (χ2n) is 7.19. The third-order valence-electron chi connectivity index (χ3n) is 5.12. The highest BCUT2D eigenvalue weighted by atomic mass is 32.2. The van der Waals surface area contributed by atoms with Crippen molar-refractivity contribution in [1.82, 2.24) is 0 Å². The Labute approximate surface area is 171 Å². The van der Waals surface area contributed by atoms with Crippen LogP contribution in [0.4, 0.5) is 24.5 Å². The first-order valence-electron chi connectivity index (χ1n) is 9.02. The van der Waals surface area contributed by atoms with E-state index in [1.807, 2.05) is 0 Å². The lowest BCUT2D eigenvalue weighted by molar-refractivity contribution is -0.137. The second kappa shape index (κ2) is 7.75. The van der Waals surface area contributed by atoms with Crippen molar-refractivity contribution >= 4 is 33.0 Å². The topological polar surface area (TPSA) is 92.3 Å². The number of carbonyl (C=O) groups excluding carboxylic acids is 2. The number of hydrogen-bond donors (Lipinski definition) is 2. The summed E-state index contributed by atoms with van der Waals surface area (Å²) in [6.07, 6.45) is -2.43. The molecule has 0 aliphatic heterocycles. The molecule has 2 N–H and O–H groups in total. The lowest BCUT2D eigenvalue weighted by Crippen LogP contribution is -2.54. The van der Waals surface area contributed by atoms with Crippen LogP contribution in [-0.2, 0) is 20.8 Å². The van der Waals surface area contributed by atoms with Gasteiger partial charge in [-0.05, 0) is 55.7 Å². The SMILES string of the molecule is CS(=O)(=O)C1(C(=O)Nc2cccc(NC(=O)c3cccc(C(F)(F)F)c3)c2)CCC1. The fourth-order valence-corrected chi connectivity index (χ4v) is 4.64. The van der Waals surface area contributed by atoms with Crippen molar-refractivity contribution < 1.29 is 31.2 Å². The van der Waals surface area contributed by atoms with Crippen molar-refractivity contribution in [3.8, 4) is 0 Å². The molecule has 0 radical (unpaired) electrons. The number of benzene rings is 2. The van der Waals surface area contributed by atoms with Gasteiger partial charge in [-0.3, -0.25) is 9.59 Å². The Bertz CT molecular complexity index is 1090. The molecule has 0 spiro atoms. The first kappa shape index (κ1) is 21.8. The molecule has 2 aromatic carbocycles. The van der Waals surface area contributed by atoms with E-state index in [1.165, 1.54) is 30.3 Å². The number of alkyl halides is 3. The van der Waals surface area contributed by atoms with Crippen molar-refractivity contribution in [3.63, 3.8) is 0 Å². The standard InChI is InChI=1S/C20H19F3N2O4S/c1-30(28,29)19(9-4-10-19)18(27)25-16-8-3-7-15(12-16)24-17(26)13-5-2-6-14(11-13)20(21,22)23/h2-3,5-8,11-12H,4,9-10H2,1H3,(H,24,26)(H,25,27). The number of carbonyl (C=O) groups is 2. The highest BCUT2D eigenvalue weighted by Crippen LogP contribution is 2.40. The number of amides is 2. The number of anilines is 2. The second-order valence-corrected chi connectivity index (χ2v) is 9.51. The zero-order valence-electron chi connectivity index (χ0n) is 15.9. The molecule has 10 heteroatoms. The minimum atomic E-state index is -4.57. The third-order valence-corrected chi connectivity index (χ3v) is 7.13. The van der Waals surface area contributed by atoms with Crippen LogP contribution < -0.4 is 10.6 Å². The number of hydrogen-bond acceptors (Lipinski definition) is 4. The summed E-state index contributed by atoms with van der Waals surface area (Å²) in [4.78, 5) is 24.9. The number of nitrogens with one attached hydrogen (secondary N) is 2. The molecule has 0 aromatic heterocycles. The van der Waals surface area contributed by atoms with Crippen LogP contribution >= 0.6 is 0 Å². The summed E-state index contributed by atoms with van der Waals surface area (Å²) in [5, 5.41) is 5.03. The molecule has 30 heavy (non-hydrogen) atoms. The molecule has 1 aliphatic carbocycles. The molecule has 1 saturated carbocycles. The van der Waals surface area contributed by atoms with Crippen LogP contribution in [0.5, 0.6) is 0 Å². The summed E-state index contributed by atoms with van der Waals surface area (Å²) in [5.41, 5.74) is -0.624. The zero-order chi connectivity index (χ0) is 22.2. The van der Waals surface area contributed by atoms with Gasteiger partial charge in [-0.2, -0.15) is 13.2 Å². The number of rotatable bonds is 5. The number of halogens is 3. The van der Waals surface area contributed by atoms with Crippen LogP contribution in [0.1, 0.15) is 35.2 Å². The molecule has 0 saturated heterocycles. The van der Waals surface area contributed by atoms with E-state index in [-0.39, 0.29) is 29.8 Å². The molecule has 160 valence electrons. The van der Waals surface area contributed by atoms with Crippen molar-refractivity contribution in [3.05, 3.63) is 59.7 Å². The maximum absolute atomic E-state index is 12.8. The van der Waals surface area contributed by atoms with Crippen LogP contribution in [0.15, 0.2) is 48.5 Å². The summed E-state index contributed by atoms with van der Waals surface area (Å²) in [5.74, 6) is -1.39. The van der Waals surface area contributed by atoms with E-state index in [1.54, 1.807) is 0 Å². The Kier molecular flexibility index (Phi) is 5.64. The molecule has 0 atom stereocenters. The van der Waals surface area contributed by atoms with Gasteiger partial charge in [0.05, 0.1) is 5.56 Å². The Morgan fingerprint density at radius 1 is 0.967 bits per heavy atom. The number of sulfone groups is 1. The molecule has 2 aromatic rings. The molecule has 2 amide bonds. The van der Waals surface area contributed by atoms with Crippen LogP contribution in [0.25, 0.3) is 0 Å². The van der Waals surface area contributed by atoms with E-state index in [4.69, 9.17) is 0 Å². The minimum absolute atomic E-state index is 0.176. The van der Waals surface area contributed by atoms with E-state index >= 15 is 0 Å². The van der Waals surface area contributed by atoms with Gasteiger partial charge >= 0.3 is 6.18 Å². The third kappa shape index (κ3) is 4.33. The predicted molar refractivity (Wildman–Crippen MR) is 106 cm³/mol. The van der Waals surface area contributed by atoms with Crippen LogP contribution in [0.3, 0.4) is 0 Å². The summed E-state index contributed by atoms with van der Waals surface area (Å²) < 4.78 is 61.1. The molecule has 3 rings (SSSR count). The van der Waals surface area contributed by atoms with E-state index < -0.39 is 38.1 Å². The molecule has 6 nitrogen and oxygen atoms in total. The lowest BCUT2D eigenvalue weighted by Gasteiger charge is -2.38. The largest absolute Gasteiger partial charge is 0.416 e. The fourth-order valence-electron chi connectivity index (χ4n) is 3.22. The van der Waals surface area contributed by atoms with Crippen LogP contribution in [0.2, 0.25) is 0 Å². The Morgan fingerprint density at radius 2 is 1.57 bits per heavy atom.